The zero-order valence-corrected chi connectivity index (χ0v) is 11.0. The van der Waals surface area contributed by atoms with Crippen LogP contribution >= 0.6 is 0 Å². The average molecular weight is 262 g/mol. The second kappa shape index (κ2) is 5.89. The summed E-state index contributed by atoms with van der Waals surface area (Å²) in [4.78, 5) is 4.35. The highest BCUT2D eigenvalue weighted by molar-refractivity contribution is 5.31. The van der Waals surface area contributed by atoms with E-state index in [4.69, 9.17) is 0 Å². The van der Waals surface area contributed by atoms with Crippen LogP contribution < -0.4 is 5.32 Å². The Bertz CT molecular complexity index is 550. The fourth-order valence-electron chi connectivity index (χ4n) is 2.07. The molecule has 1 heterocycles. The molecule has 2 aromatic rings. The molecule has 100 valence electrons. The van der Waals surface area contributed by atoms with Crippen LogP contribution in [0.15, 0.2) is 36.4 Å². The summed E-state index contributed by atoms with van der Waals surface area (Å²) in [5.74, 6) is -1.12. The molecule has 0 aliphatic heterocycles. The molecule has 0 fully saturated rings. The maximum absolute atomic E-state index is 13.9. The molecule has 0 amide bonds. The number of halogens is 2. The molecule has 1 aromatic carbocycles. The van der Waals surface area contributed by atoms with Crippen molar-refractivity contribution in [3.8, 4) is 0 Å². The molecule has 0 saturated carbocycles. The lowest BCUT2D eigenvalue weighted by atomic mass is 10.0. The van der Waals surface area contributed by atoms with Crippen molar-refractivity contribution in [3.05, 3.63) is 65.0 Å². The Morgan fingerprint density at radius 1 is 1.11 bits per heavy atom. The molecule has 0 aliphatic rings. The van der Waals surface area contributed by atoms with Crippen LogP contribution in [0, 0.1) is 18.6 Å². The second-order valence-corrected chi connectivity index (χ2v) is 4.33. The number of nitrogens with one attached hydrogen (secondary N) is 1. The molecule has 0 bridgehead atoms. The number of aromatic nitrogens is 1. The maximum Gasteiger partial charge on any atom is 0.131 e. The number of hydrogen-bond acceptors (Lipinski definition) is 2. The standard InChI is InChI=1S/C15H16F2N2/c1-3-18-15(13-9-4-6-10(2)19-13)14-11(16)7-5-8-12(14)17/h4-9,15,18H,3H2,1-2H3. The van der Waals surface area contributed by atoms with Crippen molar-refractivity contribution in [3.63, 3.8) is 0 Å². The van der Waals surface area contributed by atoms with Crippen LogP contribution in [0.3, 0.4) is 0 Å². The Morgan fingerprint density at radius 3 is 2.32 bits per heavy atom. The third-order valence-electron chi connectivity index (χ3n) is 2.90. The Kier molecular flexibility index (Phi) is 4.22. The van der Waals surface area contributed by atoms with Crippen molar-refractivity contribution in [2.75, 3.05) is 6.54 Å². The van der Waals surface area contributed by atoms with Crippen molar-refractivity contribution in [2.24, 2.45) is 0 Å². The Morgan fingerprint density at radius 2 is 1.74 bits per heavy atom. The minimum absolute atomic E-state index is 0.0162. The van der Waals surface area contributed by atoms with Crippen LogP contribution in [0.25, 0.3) is 0 Å². The molecule has 1 unspecified atom stereocenters. The quantitative estimate of drug-likeness (QED) is 0.913. The van der Waals surface area contributed by atoms with Gasteiger partial charge in [-0.1, -0.05) is 19.1 Å². The zero-order valence-electron chi connectivity index (χ0n) is 11.0. The van der Waals surface area contributed by atoms with Crippen LogP contribution in [0.4, 0.5) is 8.78 Å². The first-order valence-corrected chi connectivity index (χ1v) is 6.24. The summed E-state index contributed by atoms with van der Waals surface area (Å²) >= 11 is 0. The third kappa shape index (κ3) is 2.96. The average Bonchev–Trinajstić information content (AvgIpc) is 2.37. The molecular weight excluding hydrogens is 246 g/mol. The summed E-state index contributed by atoms with van der Waals surface area (Å²) in [7, 11) is 0. The first kappa shape index (κ1) is 13.6. The highest BCUT2D eigenvalue weighted by Gasteiger charge is 2.22. The molecule has 2 rings (SSSR count). The number of hydrogen-bond donors (Lipinski definition) is 1. The molecule has 1 N–H and O–H groups in total. The molecule has 0 spiro atoms. The van der Waals surface area contributed by atoms with E-state index in [1.807, 2.05) is 26.0 Å². The van der Waals surface area contributed by atoms with Gasteiger partial charge in [0, 0.05) is 11.3 Å². The number of nitrogens with zero attached hydrogens (tertiary/aromatic N) is 1. The van der Waals surface area contributed by atoms with Gasteiger partial charge in [-0.15, -0.1) is 0 Å². The van der Waals surface area contributed by atoms with E-state index >= 15 is 0 Å². The lowest BCUT2D eigenvalue weighted by Crippen LogP contribution is -2.25. The highest BCUT2D eigenvalue weighted by Crippen LogP contribution is 2.25. The number of aryl methyl sites for hydroxylation is 1. The van der Waals surface area contributed by atoms with Gasteiger partial charge in [-0.05, 0) is 37.7 Å². The first-order valence-electron chi connectivity index (χ1n) is 6.24. The monoisotopic (exact) mass is 262 g/mol. The van der Waals surface area contributed by atoms with Crippen LogP contribution in [0.2, 0.25) is 0 Å². The van der Waals surface area contributed by atoms with Gasteiger partial charge in [0.2, 0.25) is 0 Å². The summed E-state index contributed by atoms with van der Waals surface area (Å²) < 4.78 is 27.8. The van der Waals surface area contributed by atoms with Gasteiger partial charge in [0.25, 0.3) is 0 Å². The lowest BCUT2D eigenvalue weighted by molar-refractivity contribution is 0.505. The van der Waals surface area contributed by atoms with E-state index in [9.17, 15) is 8.78 Å². The first-order chi connectivity index (χ1) is 9.13. The van der Waals surface area contributed by atoms with Gasteiger partial charge >= 0.3 is 0 Å². The van der Waals surface area contributed by atoms with Gasteiger partial charge in [0.15, 0.2) is 0 Å². The lowest BCUT2D eigenvalue weighted by Gasteiger charge is -2.19. The Hall–Kier alpha value is -1.81. The molecule has 1 atom stereocenters. The van der Waals surface area contributed by atoms with E-state index in [0.717, 1.165) is 5.69 Å². The van der Waals surface area contributed by atoms with Crippen molar-refractivity contribution in [1.29, 1.82) is 0 Å². The normalized spacial score (nSPS) is 12.4. The van der Waals surface area contributed by atoms with Gasteiger partial charge in [0.05, 0.1) is 11.7 Å². The Labute approximate surface area is 111 Å². The number of rotatable bonds is 4. The van der Waals surface area contributed by atoms with Gasteiger partial charge in [-0.3, -0.25) is 4.98 Å². The van der Waals surface area contributed by atoms with Crippen molar-refractivity contribution in [1.82, 2.24) is 10.3 Å². The van der Waals surface area contributed by atoms with E-state index in [1.54, 1.807) is 6.07 Å². The van der Waals surface area contributed by atoms with Crippen LogP contribution in [0.5, 0.6) is 0 Å². The fourth-order valence-corrected chi connectivity index (χ4v) is 2.07. The zero-order chi connectivity index (χ0) is 13.8. The highest BCUT2D eigenvalue weighted by atomic mass is 19.1. The van der Waals surface area contributed by atoms with Crippen LogP contribution in [0.1, 0.15) is 29.9 Å². The predicted octanol–water partition coefficient (Wildman–Crippen LogP) is 3.37. The third-order valence-corrected chi connectivity index (χ3v) is 2.90. The van der Waals surface area contributed by atoms with E-state index in [2.05, 4.69) is 10.3 Å². The smallest absolute Gasteiger partial charge is 0.131 e. The van der Waals surface area contributed by atoms with E-state index in [0.29, 0.717) is 12.2 Å². The summed E-state index contributed by atoms with van der Waals surface area (Å²) in [6, 6.07) is 8.76. The van der Waals surface area contributed by atoms with E-state index in [1.165, 1.54) is 18.2 Å². The topological polar surface area (TPSA) is 24.9 Å². The van der Waals surface area contributed by atoms with E-state index < -0.39 is 17.7 Å². The molecule has 4 heteroatoms. The summed E-state index contributed by atoms with van der Waals surface area (Å²) in [5.41, 5.74) is 1.45. The molecule has 0 saturated heterocycles. The predicted molar refractivity (Wildman–Crippen MR) is 70.9 cm³/mol. The minimum atomic E-state index is -0.578. The SMILES string of the molecule is CCNC(c1cccc(C)n1)c1c(F)cccc1F. The van der Waals surface area contributed by atoms with Crippen LogP contribution in [-0.4, -0.2) is 11.5 Å². The summed E-state index contributed by atoms with van der Waals surface area (Å²) in [5, 5.41) is 3.08. The van der Waals surface area contributed by atoms with Gasteiger partial charge in [-0.2, -0.15) is 0 Å². The van der Waals surface area contributed by atoms with Gasteiger partial charge in [-0.25, -0.2) is 8.78 Å². The molecule has 0 aliphatic carbocycles. The van der Waals surface area contributed by atoms with Crippen LogP contribution in [-0.2, 0) is 0 Å². The maximum atomic E-state index is 13.9. The molecule has 19 heavy (non-hydrogen) atoms. The number of pyridine rings is 1. The number of benzene rings is 1. The summed E-state index contributed by atoms with van der Waals surface area (Å²) in [6.07, 6.45) is 0. The van der Waals surface area contributed by atoms with Crippen molar-refractivity contribution in [2.45, 2.75) is 19.9 Å². The molecule has 2 nitrogen and oxygen atoms in total. The fraction of sp³-hybridized carbons (Fsp3) is 0.267. The molecule has 1 aromatic heterocycles. The Balaban J connectivity index is 2.51. The largest absolute Gasteiger partial charge is 0.305 e. The van der Waals surface area contributed by atoms with Crippen molar-refractivity contribution < 1.29 is 8.78 Å². The molecular formula is C15H16F2N2. The van der Waals surface area contributed by atoms with Gasteiger partial charge in [0.1, 0.15) is 11.6 Å². The minimum Gasteiger partial charge on any atom is -0.305 e. The van der Waals surface area contributed by atoms with Gasteiger partial charge < -0.3 is 5.32 Å². The summed E-state index contributed by atoms with van der Waals surface area (Å²) in [6.45, 7) is 4.33. The molecule has 0 radical (unpaired) electrons. The van der Waals surface area contributed by atoms with E-state index in [-0.39, 0.29) is 5.56 Å². The van der Waals surface area contributed by atoms with Crippen molar-refractivity contribution >= 4 is 0 Å². The second-order valence-electron chi connectivity index (χ2n) is 4.33.